The van der Waals surface area contributed by atoms with Gasteiger partial charge in [-0.3, -0.25) is 14.5 Å². The van der Waals surface area contributed by atoms with Crippen LogP contribution in [0.1, 0.15) is 28.8 Å². The van der Waals surface area contributed by atoms with Crippen molar-refractivity contribution in [2.45, 2.75) is 19.8 Å². The first-order valence-corrected chi connectivity index (χ1v) is 9.49. The van der Waals surface area contributed by atoms with Crippen LogP contribution >= 0.6 is 11.6 Å². The third-order valence-corrected chi connectivity index (χ3v) is 5.47. The van der Waals surface area contributed by atoms with E-state index in [1.807, 2.05) is 11.8 Å². The minimum absolute atomic E-state index is 0.161. The van der Waals surface area contributed by atoms with E-state index < -0.39 is 11.6 Å². The summed E-state index contributed by atoms with van der Waals surface area (Å²) >= 11 is 6.06. The molecule has 0 aromatic heterocycles. The fourth-order valence-corrected chi connectivity index (χ4v) is 3.57. The number of carbonyl (C=O) groups excluding carboxylic acids is 2. The van der Waals surface area contributed by atoms with Crippen molar-refractivity contribution in [1.29, 1.82) is 0 Å². The predicted octanol–water partition coefficient (Wildman–Crippen LogP) is 4.46. The SMILES string of the molecule is Cc1c(Cl)cccc1NC(=O)CN1CCC(C(=O)c2cc(F)ccc2F)CC1. The first-order valence-electron chi connectivity index (χ1n) is 9.11. The molecule has 28 heavy (non-hydrogen) atoms. The van der Waals surface area contributed by atoms with Gasteiger partial charge in [0.1, 0.15) is 11.6 Å². The summed E-state index contributed by atoms with van der Waals surface area (Å²) in [4.78, 5) is 26.7. The molecule has 1 heterocycles. The van der Waals surface area contributed by atoms with E-state index in [0.717, 1.165) is 23.8 Å². The number of nitrogens with zero attached hydrogens (tertiary/aromatic N) is 1. The Morgan fingerprint density at radius 3 is 2.61 bits per heavy atom. The van der Waals surface area contributed by atoms with Crippen molar-refractivity contribution in [3.63, 3.8) is 0 Å². The molecule has 4 nitrogen and oxygen atoms in total. The Hall–Kier alpha value is -2.31. The zero-order valence-electron chi connectivity index (χ0n) is 15.5. The quantitative estimate of drug-likeness (QED) is 0.746. The van der Waals surface area contributed by atoms with Gasteiger partial charge in [-0.05, 0) is 68.8 Å². The van der Waals surface area contributed by atoms with Crippen molar-refractivity contribution in [1.82, 2.24) is 4.90 Å². The maximum atomic E-state index is 13.8. The van der Waals surface area contributed by atoms with Gasteiger partial charge in [0.25, 0.3) is 0 Å². The van der Waals surface area contributed by atoms with Gasteiger partial charge in [0.05, 0.1) is 12.1 Å². The number of benzene rings is 2. The van der Waals surface area contributed by atoms with Crippen LogP contribution in [-0.4, -0.2) is 36.2 Å². The van der Waals surface area contributed by atoms with Crippen molar-refractivity contribution in [2.75, 3.05) is 25.0 Å². The molecule has 0 spiro atoms. The number of rotatable bonds is 5. The van der Waals surface area contributed by atoms with Gasteiger partial charge < -0.3 is 5.32 Å². The maximum Gasteiger partial charge on any atom is 0.238 e. The molecule has 1 amide bonds. The highest BCUT2D eigenvalue weighted by Gasteiger charge is 2.28. The van der Waals surface area contributed by atoms with E-state index in [1.165, 1.54) is 0 Å². The van der Waals surface area contributed by atoms with E-state index in [1.54, 1.807) is 18.2 Å². The Labute approximate surface area is 167 Å². The third-order valence-electron chi connectivity index (χ3n) is 5.06. The molecule has 0 unspecified atom stereocenters. The Balaban J connectivity index is 1.54. The lowest BCUT2D eigenvalue weighted by Crippen LogP contribution is -2.41. The van der Waals surface area contributed by atoms with Gasteiger partial charge >= 0.3 is 0 Å². The standard InChI is InChI=1S/C21H21ClF2N2O2/c1-13-17(22)3-2-4-19(13)25-20(27)12-26-9-7-14(8-10-26)21(28)16-11-15(23)5-6-18(16)24/h2-6,11,14H,7-10,12H2,1H3,(H,25,27). The third kappa shape index (κ3) is 4.75. The fraction of sp³-hybridized carbons (Fsp3) is 0.333. The summed E-state index contributed by atoms with van der Waals surface area (Å²) in [7, 11) is 0. The van der Waals surface area contributed by atoms with Crippen molar-refractivity contribution < 1.29 is 18.4 Å². The Morgan fingerprint density at radius 1 is 1.18 bits per heavy atom. The van der Waals surface area contributed by atoms with Crippen molar-refractivity contribution >= 4 is 29.0 Å². The molecule has 3 rings (SSSR count). The van der Waals surface area contributed by atoms with Crippen molar-refractivity contribution in [2.24, 2.45) is 5.92 Å². The van der Waals surface area contributed by atoms with Gasteiger partial charge in [-0.25, -0.2) is 8.78 Å². The molecule has 0 atom stereocenters. The Bertz CT molecular complexity index is 896. The number of amides is 1. The van der Waals surface area contributed by atoms with E-state index in [2.05, 4.69) is 5.32 Å². The lowest BCUT2D eigenvalue weighted by molar-refractivity contribution is -0.117. The van der Waals surface area contributed by atoms with E-state index in [9.17, 15) is 18.4 Å². The van der Waals surface area contributed by atoms with Crippen molar-refractivity contribution in [3.05, 3.63) is 64.2 Å². The molecule has 1 fully saturated rings. The number of hydrogen-bond donors (Lipinski definition) is 1. The molecule has 1 N–H and O–H groups in total. The lowest BCUT2D eigenvalue weighted by atomic mass is 9.88. The number of piperidine rings is 1. The number of halogens is 3. The van der Waals surface area contributed by atoms with Gasteiger partial charge in [0.15, 0.2) is 5.78 Å². The van der Waals surface area contributed by atoms with Crippen molar-refractivity contribution in [3.8, 4) is 0 Å². The van der Waals surface area contributed by atoms with Gasteiger partial charge in [-0.1, -0.05) is 17.7 Å². The number of ketones is 1. The predicted molar refractivity (Wildman–Crippen MR) is 105 cm³/mol. The number of Topliss-reactive ketones (excluding diaryl/α,β-unsaturated/α-hetero) is 1. The molecule has 0 aliphatic carbocycles. The molecule has 0 bridgehead atoms. The van der Waals surface area contributed by atoms with Gasteiger partial charge in [0, 0.05) is 16.6 Å². The second-order valence-electron chi connectivity index (χ2n) is 7.00. The smallest absolute Gasteiger partial charge is 0.238 e. The van der Waals surface area contributed by atoms with Crippen LogP contribution in [0.15, 0.2) is 36.4 Å². The summed E-state index contributed by atoms with van der Waals surface area (Å²) in [5, 5.41) is 3.43. The molecule has 2 aromatic carbocycles. The monoisotopic (exact) mass is 406 g/mol. The Morgan fingerprint density at radius 2 is 1.89 bits per heavy atom. The molecule has 1 saturated heterocycles. The molecule has 7 heteroatoms. The second-order valence-corrected chi connectivity index (χ2v) is 7.41. The number of anilines is 1. The van der Waals surface area contributed by atoms with Gasteiger partial charge in [0.2, 0.25) is 5.91 Å². The van der Waals surface area contributed by atoms with Crippen LogP contribution in [0.25, 0.3) is 0 Å². The second kappa shape index (κ2) is 8.80. The van der Waals surface area contributed by atoms with Crippen LogP contribution < -0.4 is 5.32 Å². The number of carbonyl (C=O) groups is 2. The molecular weight excluding hydrogens is 386 g/mol. The maximum absolute atomic E-state index is 13.8. The van der Waals surface area contributed by atoms with Crippen LogP contribution in [0.4, 0.5) is 14.5 Å². The minimum Gasteiger partial charge on any atom is -0.325 e. The lowest BCUT2D eigenvalue weighted by Gasteiger charge is -2.30. The molecule has 1 aliphatic rings. The van der Waals surface area contributed by atoms with Crippen LogP contribution in [0, 0.1) is 24.5 Å². The van der Waals surface area contributed by atoms with E-state index in [0.29, 0.717) is 36.6 Å². The highest BCUT2D eigenvalue weighted by atomic mass is 35.5. The van der Waals surface area contributed by atoms with Crippen LogP contribution in [0.3, 0.4) is 0 Å². The first-order chi connectivity index (χ1) is 13.3. The van der Waals surface area contributed by atoms with E-state index in [4.69, 9.17) is 11.6 Å². The zero-order valence-corrected chi connectivity index (χ0v) is 16.2. The number of likely N-dealkylation sites (tertiary alicyclic amines) is 1. The highest BCUT2D eigenvalue weighted by Crippen LogP contribution is 2.25. The summed E-state index contributed by atoms with van der Waals surface area (Å²) in [5.41, 5.74) is 1.27. The summed E-state index contributed by atoms with van der Waals surface area (Å²) in [6, 6.07) is 8.24. The van der Waals surface area contributed by atoms with Crippen LogP contribution in [0.5, 0.6) is 0 Å². The highest BCUT2D eigenvalue weighted by molar-refractivity contribution is 6.31. The van der Waals surface area contributed by atoms with Crippen LogP contribution in [0.2, 0.25) is 5.02 Å². The number of hydrogen-bond acceptors (Lipinski definition) is 3. The van der Waals surface area contributed by atoms with Gasteiger partial charge in [-0.2, -0.15) is 0 Å². The Kier molecular flexibility index (Phi) is 6.42. The summed E-state index contributed by atoms with van der Waals surface area (Å²) in [6.07, 6.45) is 0.997. The molecule has 1 aliphatic heterocycles. The molecule has 148 valence electrons. The van der Waals surface area contributed by atoms with Gasteiger partial charge in [-0.15, -0.1) is 0 Å². The molecule has 0 saturated carbocycles. The summed E-state index contributed by atoms with van der Waals surface area (Å²) in [6.45, 7) is 3.10. The fourth-order valence-electron chi connectivity index (χ4n) is 3.40. The number of nitrogens with one attached hydrogen (secondary N) is 1. The normalized spacial score (nSPS) is 15.4. The molecule has 0 radical (unpaired) electrons. The topological polar surface area (TPSA) is 49.4 Å². The van der Waals surface area contributed by atoms with E-state index in [-0.39, 0.29) is 29.7 Å². The largest absolute Gasteiger partial charge is 0.325 e. The van der Waals surface area contributed by atoms with Crippen LogP contribution in [-0.2, 0) is 4.79 Å². The average Bonchev–Trinajstić information content (AvgIpc) is 2.67. The van der Waals surface area contributed by atoms with E-state index >= 15 is 0 Å². The molecular formula is C21H21ClF2N2O2. The molecule has 2 aromatic rings. The summed E-state index contributed by atoms with van der Waals surface area (Å²) < 4.78 is 27.2. The first kappa shape index (κ1) is 20.4. The zero-order chi connectivity index (χ0) is 20.3. The average molecular weight is 407 g/mol. The summed E-state index contributed by atoms with van der Waals surface area (Å²) in [5.74, 6) is -2.24. The minimum atomic E-state index is -0.704.